The molecular formula is C24H28FN5O2. The molecule has 1 aliphatic rings. The average Bonchev–Trinajstić information content (AvgIpc) is 3.11. The van der Waals surface area contributed by atoms with Crippen LogP contribution in [0.5, 0.6) is 0 Å². The Morgan fingerprint density at radius 2 is 1.97 bits per heavy atom. The van der Waals surface area contributed by atoms with Gasteiger partial charge in [0.1, 0.15) is 11.6 Å². The molecule has 7 nitrogen and oxygen atoms in total. The van der Waals surface area contributed by atoms with Crippen LogP contribution in [0.2, 0.25) is 0 Å². The van der Waals surface area contributed by atoms with E-state index >= 15 is 0 Å². The minimum atomic E-state index is -0.296. The summed E-state index contributed by atoms with van der Waals surface area (Å²) in [6, 6.07) is 6.14. The summed E-state index contributed by atoms with van der Waals surface area (Å²) < 4.78 is 18.8. The van der Waals surface area contributed by atoms with E-state index < -0.39 is 0 Å². The Balaban J connectivity index is 1.74. The molecule has 0 aliphatic carbocycles. The van der Waals surface area contributed by atoms with E-state index in [9.17, 15) is 9.18 Å². The van der Waals surface area contributed by atoms with Gasteiger partial charge < -0.3 is 14.3 Å². The lowest BCUT2D eigenvalue weighted by Gasteiger charge is -2.36. The molecule has 1 aliphatic heterocycles. The Morgan fingerprint density at radius 1 is 1.22 bits per heavy atom. The van der Waals surface area contributed by atoms with Crippen LogP contribution in [0, 0.1) is 19.7 Å². The summed E-state index contributed by atoms with van der Waals surface area (Å²) in [5.41, 5.74) is 4.03. The van der Waals surface area contributed by atoms with E-state index in [4.69, 9.17) is 9.51 Å². The van der Waals surface area contributed by atoms with Gasteiger partial charge in [-0.05, 0) is 50.8 Å². The van der Waals surface area contributed by atoms with Crippen molar-refractivity contribution in [1.82, 2.24) is 20.0 Å². The molecule has 1 atom stereocenters. The van der Waals surface area contributed by atoms with Gasteiger partial charge in [0.25, 0.3) is 0 Å². The van der Waals surface area contributed by atoms with Crippen LogP contribution in [0.4, 0.5) is 10.3 Å². The third kappa shape index (κ3) is 4.35. The maximum atomic E-state index is 13.5. The number of anilines is 1. The Hall–Kier alpha value is -3.29. The predicted octanol–water partition coefficient (Wildman–Crippen LogP) is 4.25. The van der Waals surface area contributed by atoms with Gasteiger partial charge in [0.2, 0.25) is 11.9 Å². The number of rotatable bonds is 5. The van der Waals surface area contributed by atoms with Crippen molar-refractivity contribution < 1.29 is 13.7 Å². The summed E-state index contributed by atoms with van der Waals surface area (Å²) in [6.45, 7) is 4.35. The molecule has 0 N–H and O–H groups in total. The fraction of sp³-hybridized carbons (Fsp3) is 0.417. The number of hydrogen-bond donors (Lipinski definition) is 0. The number of piperidine rings is 1. The third-order valence-electron chi connectivity index (χ3n) is 6.01. The summed E-state index contributed by atoms with van der Waals surface area (Å²) in [4.78, 5) is 26.5. The lowest BCUT2D eigenvalue weighted by molar-refractivity contribution is -0.134. The van der Waals surface area contributed by atoms with Crippen LogP contribution >= 0.6 is 0 Å². The highest BCUT2D eigenvalue weighted by Crippen LogP contribution is 2.37. The molecule has 2 aromatic heterocycles. The van der Waals surface area contributed by atoms with Gasteiger partial charge in [-0.2, -0.15) is 0 Å². The van der Waals surface area contributed by atoms with Gasteiger partial charge in [-0.25, -0.2) is 14.4 Å². The largest absolute Gasteiger partial charge is 0.361 e. The molecule has 0 saturated carbocycles. The lowest BCUT2D eigenvalue weighted by Crippen LogP contribution is -2.40. The second-order valence-corrected chi connectivity index (χ2v) is 8.45. The number of nitrogens with zero attached hydrogens (tertiary/aromatic N) is 5. The number of likely N-dealkylation sites (tertiary alicyclic amines) is 1. The molecule has 0 spiro atoms. The Morgan fingerprint density at radius 3 is 2.62 bits per heavy atom. The van der Waals surface area contributed by atoms with Crippen LogP contribution in [0.25, 0.3) is 11.1 Å². The molecule has 1 amide bonds. The highest BCUT2D eigenvalue weighted by molar-refractivity contribution is 5.80. The molecule has 0 bridgehead atoms. The van der Waals surface area contributed by atoms with Crippen molar-refractivity contribution in [3.05, 3.63) is 59.0 Å². The number of carbonyl (C=O) groups is 1. The number of halogens is 1. The fourth-order valence-electron chi connectivity index (χ4n) is 4.23. The molecule has 1 saturated heterocycles. The first-order valence-corrected chi connectivity index (χ1v) is 10.9. The van der Waals surface area contributed by atoms with Crippen molar-refractivity contribution in [2.24, 2.45) is 0 Å². The second-order valence-electron chi connectivity index (χ2n) is 8.45. The molecule has 0 radical (unpaired) electrons. The highest BCUT2D eigenvalue weighted by Gasteiger charge is 2.32. The number of aromatic nitrogens is 3. The van der Waals surface area contributed by atoms with Gasteiger partial charge in [-0.3, -0.25) is 4.79 Å². The topological polar surface area (TPSA) is 75.4 Å². The Labute approximate surface area is 187 Å². The molecule has 3 aromatic rings. The van der Waals surface area contributed by atoms with E-state index in [1.807, 2.05) is 37.7 Å². The smallest absolute Gasteiger partial charge is 0.227 e. The second kappa shape index (κ2) is 9.06. The summed E-state index contributed by atoms with van der Waals surface area (Å²) in [5.74, 6) is 0.983. The summed E-state index contributed by atoms with van der Waals surface area (Å²) in [5, 5.41) is 3.98. The molecule has 1 fully saturated rings. The predicted molar refractivity (Wildman–Crippen MR) is 120 cm³/mol. The highest BCUT2D eigenvalue weighted by atomic mass is 19.1. The molecule has 168 valence electrons. The van der Waals surface area contributed by atoms with E-state index in [0.29, 0.717) is 18.3 Å². The van der Waals surface area contributed by atoms with Crippen molar-refractivity contribution in [1.29, 1.82) is 0 Å². The minimum Gasteiger partial charge on any atom is -0.361 e. The number of amides is 1. The Kier molecular flexibility index (Phi) is 6.21. The summed E-state index contributed by atoms with van der Waals surface area (Å²) in [7, 11) is 3.77. The molecule has 1 aromatic carbocycles. The van der Waals surface area contributed by atoms with Gasteiger partial charge in [0, 0.05) is 38.0 Å². The lowest BCUT2D eigenvalue weighted by atomic mass is 9.93. The molecule has 4 rings (SSSR count). The zero-order valence-corrected chi connectivity index (χ0v) is 18.9. The van der Waals surface area contributed by atoms with Gasteiger partial charge in [-0.15, -0.1) is 0 Å². The first-order valence-electron chi connectivity index (χ1n) is 10.9. The van der Waals surface area contributed by atoms with E-state index in [2.05, 4.69) is 10.1 Å². The fourth-order valence-corrected chi connectivity index (χ4v) is 4.23. The van der Waals surface area contributed by atoms with Crippen LogP contribution in [-0.4, -0.2) is 46.6 Å². The van der Waals surface area contributed by atoms with E-state index in [1.54, 1.807) is 18.3 Å². The van der Waals surface area contributed by atoms with Crippen LogP contribution in [0.1, 0.15) is 48.0 Å². The summed E-state index contributed by atoms with van der Waals surface area (Å²) >= 11 is 0. The zero-order valence-electron chi connectivity index (χ0n) is 18.9. The van der Waals surface area contributed by atoms with E-state index in [0.717, 1.165) is 47.3 Å². The molecular weight excluding hydrogens is 409 g/mol. The van der Waals surface area contributed by atoms with Crippen molar-refractivity contribution in [3.8, 4) is 11.1 Å². The van der Waals surface area contributed by atoms with Gasteiger partial charge in [-0.1, -0.05) is 17.3 Å². The molecule has 8 heteroatoms. The maximum absolute atomic E-state index is 13.5. The Bertz CT molecular complexity index is 1090. The quantitative estimate of drug-likeness (QED) is 0.594. The van der Waals surface area contributed by atoms with Crippen LogP contribution < -0.4 is 4.90 Å². The molecule has 32 heavy (non-hydrogen) atoms. The average molecular weight is 438 g/mol. The molecule has 3 heterocycles. The zero-order chi connectivity index (χ0) is 22.8. The van der Waals surface area contributed by atoms with E-state index in [1.165, 1.54) is 12.1 Å². The monoisotopic (exact) mass is 437 g/mol. The summed E-state index contributed by atoms with van der Waals surface area (Å²) in [6.07, 6.45) is 4.78. The van der Waals surface area contributed by atoms with Crippen molar-refractivity contribution in [2.45, 2.75) is 45.6 Å². The van der Waals surface area contributed by atoms with Crippen molar-refractivity contribution in [2.75, 3.05) is 25.5 Å². The van der Waals surface area contributed by atoms with Gasteiger partial charge in [0.05, 0.1) is 23.9 Å². The van der Waals surface area contributed by atoms with Crippen LogP contribution in [-0.2, 0) is 11.2 Å². The third-order valence-corrected chi connectivity index (χ3v) is 6.01. The van der Waals surface area contributed by atoms with Gasteiger partial charge >= 0.3 is 0 Å². The first kappa shape index (κ1) is 21.9. The van der Waals surface area contributed by atoms with E-state index in [-0.39, 0.29) is 24.2 Å². The van der Waals surface area contributed by atoms with Crippen LogP contribution in [0.3, 0.4) is 0 Å². The standard InChI is InChI=1S/C24H28FN5O2/c1-15-19(16(2)32-28-15)13-22(31)30-12-6-5-7-21(30)23-20(14-26-24(27-23)29(3)4)17-8-10-18(25)11-9-17/h8-11,14,21H,5-7,12-13H2,1-4H3/t21-/m0/s1. The number of benzene rings is 1. The number of hydrogen-bond acceptors (Lipinski definition) is 6. The minimum absolute atomic E-state index is 0.0270. The SMILES string of the molecule is Cc1noc(C)c1CC(=O)N1CCCC[C@H]1c1nc(N(C)C)ncc1-c1ccc(F)cc1. The molecule has 0 unspecified atom stereocenters. The normalized spacial score (nSPS) is 16.3. The first-order chi connectivity index (χ1) is 15.3. The number of carbonyl (C=O) groups excluding carboxylic acids is 1. The van der Waals surface area contributed by atoms with Crippen molar-refractivity contribution >= 4 is 11.9 Å². The van der Waals surface area contributed by atoms with Crippen molar-refractivity contribution in [3.63, 3.8) is 0 Å². The van der Waals surface area contributed by atoms with Gasteiger partial charge in [0.15, 0.2) is 0 Å². The van der Waals surface area contributed by atoms with Crippen LogP contribution in [0.15, 0.2) is 35.0 Å². The number of aryl methyl sites for hydroxylation is 2. The maximum Gasteiger partial charge on any atom is 0.227 e.